The first kappa shape index (κ1) is 19.1. The van der Waals surface area contributed by atoms with Crippen LogP contribution in [-0.4, -0.2) is 47.9 Å². The van der Waals surface area contributed by atoms with E-state index in [2.05, 4.69) is 44.0 Å². The van der Waals surface area contributed by atoms with Gasteiger partial charge >= 0.3 is 0 Å². The maximum absolute atomic E-state index is 13.2. The number of hydrogen-bond donors (Lipinski definition) is 0. The summed E-state index contributed by atoms with van der Waals surface area (Å²) in [6.07, 6.45) is 1.73. The first-order valence-electron chi connectivity index (χ1n) is 9.97. The van der Waals surface area contributed by atoms with Gasteiger partial charge < -0.3 is 14.7 Å². The Balaban J connectivity index is 1.43. The molecule has 0 N–H and O–H groups in total. The van der Waals surface area contributed by atoms with Crippen molar-refractivity contribution >= 4 is 17.5 Å². The lowest BCUT2D eigenvalue weighted by molar-refractivity contribution is 0.621. The van der Waals surface area contributed by atoms with Crippen LogP contribution in [0.25, 0.3) is 0 Å². The van der Waals surface area contributed by atoms with E-state index in [9.17, 15) is 4.39 Å². The van der Waals surface area contributed by atoms with Crippen molar-refractivity contribution in [2.75, 3.05) is 47.4 Å². The zero-order chi connectivity index (χ0) is 20.1. The third kappa shape index (κ3) is 4.62. The van der Waals surface area contributed by atoms with Crippen molar-refractivity contribution in [3.63, 3.8) is 0 Å². The number of benzene rings is 2. The Morgan fingerprint density at radius 2 is 1.62 bits per heavy atom. The molecule has 0 radical (unpaired) electrons. The van der Waals surface area contributed by atoms with Crippen LogP contribution in [0.15, 0.2) is 60.8 Å². The number of nitrogens with zero attached hydrogens (tertiary/aromatic N) is 6. The molecule has 0 atom stereocenters. The van der Waals surface area contributed by atoms with Crippen LogP contribution in [0.2, 0.25) is 0 Å². The molecule has 1 saturated heterocycles. The van der Waals surface area contributed by atoms with Gasteiger partial charge in [0.25, 0.3) is 0 Å². The third-order valence-electron chi connectivity index (χ3n) is 5.21. The summed E-state index contributed by atoms with van der Waals surface area (Å²) in [5, 5.41) is 8.47. The summed E-state index contributed by atoms with van der Waals surface area (Å²) in [5.74, 6) is 1.29. The molecule has 2 aromatic carbocycles. The van der Waals surface area contributed by atoms with Crippen molar-refractivity contribution in [2.24, 2.45) is 0 Å². The minimum Gasteiger partial charge on any atom is -0.368 e. The van der Waals surface area contributed by atoms with Gasteiger partial charge in [0.15, 0.2) is 5.82 Å². The van der Waals surface area contributed by atoms with Crippen molar-refractivity contribution in [1.29, 1.82) is 0 Å². The van der Waals surface area contributed by atoms with Crippen LogP contribution in [0, 0.1) is 5.82 Å². The van der Waals surface area contributed by atoms with Gasteiger partial charge in [-0.3, -0.25) is 0 Å². The molecule has 3 aromatic rings. The Kier molecular flexibility index (Phi) is 5.84. The number of aromatic nitrogens is 3. The Morgan fingerprint density at radius 3 is 2.31 bits per heavy atom. The van der Waals surface area contributed by atoms with Gasteiger partial charge in [0.2, 0.25) is 5.95 Å². The first-order valence-corrected chi connectivity index (χ1v) is 9.97. The predicted molar refractivity (Wildman–Crippen MR) is 114 cm³/mol. The van der Waals surface area contributed by atoms with Gasteiger partial charge in [-0.15, -0.1) is 5.10 Å². The van der Waals surface area contributed by atoms with E-state index in [0.29, 0.717) is 5.95 Å². The van der Waals surface area contributed by atoms with Crippen molar-refractivity contribution < 1.29 is 4.39 Å². The van der Waals surface area contributed by atoms with Gasteiger partial charge in [0.1, 0.15) is 5.82 Å². The van der Waals surface area contributed by atoms with E-state index in [4.69, 9.17) is 4.98 Å². The largest absolute Gasteiger partial charge is 0.368 e. The molecule has 0 bridgehead atoms. The topological polar surface area (TPSA) is 48.4 Å². The highest BCUT2D eigenvalue weighted by Gasteiger charge is 2.20. The van der Waals surface area contributed by atoms with Crippen LogP contribution < -0.4 is 14.7 Å². The standard InChI is InChI=1S/C22H25FN6/c1-2-27(17-18-6-4-3-5-7-18)21-16-24-26-22(25-21)29-14-12-28(13-15-29)20-10-8-19(23)9-11-20/h3-11,16H,2,12-15,17H2,1H3. The van der Waals surface area contributed by atoms with Gasteiger partial charge in [-0.05, 0) is 36.8 Å². The smallest absolute Gasteiger partial charge is 0.247 e. The van der Waals surface area contributed by atoms with E-state index < -0.39 is 0 Å². The minimum absolute atomic E-state index is 0.209. The monoisotopic (exact) mass is 392 g/mol. The van der Waals surface area contributed by atoms with Crippen molar-refractivity contribution in [1.82, 2.24) is 15.2 Å². The molecular formula is C22H25FN6. The van der Waals surface area contributed by atoms with Crippen LogP contribution in [0.3, 0.4) is 0 Å². The fourth-order valence-corrected chi connectivity index (χ4v) is 3.55. The summed E-state index contributed by atoms with van der Waals surface area (Å²) in [7, 11) is 0. The van der Waals surface area contributed by atoms with E-state index >= 15 is 0 Å². The van der Waals surface area contributed by atoms with Gasteiger partial charge in [0.05, 0.1) is 6.20 Å². The fourth-order valence-electron chi connectivity index (χ4n) is 3.55. The van der Waals surface area contributed by atoms with Crippen LogP contribution in [0.4, 0.5) is 21.8 Å². The van der Waals surface area contributed by atoms with E-state index in [0.717, 1.165) is 50.8 Å². The number of hydrogen-bond acceptors (Lipinski definition) is 6. The second kappa shape index (κ2) is 8.86. The second-order valence-electron chi connectivity index (χ2n) is 7.06. The van der Waals surface area contributed by atoms with E-state index in [-0.39, 0.29) is 5.82 Å². The molecule has 0 amide bonds. The maximum atomic E-state index is 13.2. The quantitative estimate of drug-likeness (QED) is 0.641. The van der Waals surface area contributed by atoms with Gasteiger partial charge in [-0.25, -0.2) is 4.39 Å². The Bertz CT molecular complexity index is 910. The molecule has 1 aromatic heterocycles. The van der Waals surface area contributed by atoms with Crippen LogP contribution >= 0.6 is 0 Å². The molecule has 0 unspecified atom stereocenters. The molecule has 1 fully saturated rings. The molecule has 1 aliphatic rings. The second-order valence-corrected chi connectivity index (χ2v) is 7.06. The zero-order valence-electron chi connectivity index (χ0n) is 16.6. The van der Waals surface area contributed by atoms with Crippen LogP contribution in [0.5, 0.6) is 0 Å². The Morgan fingerprint density at radius 1 is 0.931 bits per heavy atom. The molecule has 29 heavy (non-hydrogen) atoms. The van der Waals surface area contributed by atoms with Gasteiger partial charge in [-0.1, -0.05) is 30.3 Å². The Labute approximate surface area is 170 Å². The van der Waals surface area contributed by atoms with Gasteiger partial charge in [-0.2, -0.15) is 10.1 Å². The van der Waals surface area contributed by atoms with Gasteiger partial charge in [0, 0.05) is 45.0 Å². The number of piperazine rings is 1. The molecule has 4 rings (SSSR count). The van der Waals surface area contributed by atoms with Crippen molar-refractivity contribution in [2.45, 2.75) is 13.5 Å². The van der Waals surface area contributed by atoms with E-state index in [1.807, 2.05) is 30.3 Å². The summed E-state index contributed by atoms with van der Waals surface area (Å²) in [6, 6.07) is 17.0. The van der Waals surface area contributed by atoms with Crippen LogP contribution in [-0.2, 0) is 6.54 Å². The molecule has 1 aliphatic heterocycles. The summed E-state index contributed by atoms with van der Waals surface area (Å²) >= 11 is 0. The lowest BCUT2D eigenvalue weighted by Gasteiger charge is -2.36. The lowest BCUT2D eigenvalue weighted by Crippen LogP contribution is -2.47. The fraction of sp³-hybridized carbons (Fsp3) is 0.318. The maximum Gasteiger partial charge on any atom is 0.247 e. The highest BCUT2D eigenvalue weighted by Crippen LogP contribution is 2.20. The zero-order valence-corrected chi connectivity index (χ0v) is 16.6. The summed E-state index contributed by atoms with van der Waals surface area (Å²) in [6.45, 7) is 7.01. The highest BCUT2D eigenvalue weighted by molar-refractivity contribution is 5.49. The number of rotatable bonds is 6. The lowest BCUT2D eigenvalue weighted by atomic mass is 10.2. The summed E-state index contributed by atoms with van der Waals surface area (Å²) in [5.41, 5.74) is 2.28. The first-order chi connectivity index (χ1) is 14.2. The molecule has 7 heteroatoms. The normalized spacial score (nSPS) is 14.1. The minimum atomic E-state index is -0.209. The molecular weight excluding hydrogens is 367 g/mol. The number of halogens is 1. The van der Waals surface area contributed by atoms with Crippen LogP contribution in [0.1, 0.15) is 12.5 Å². The average Bonchev–Trinajstić information content (AvgIpc) is 2.79. The van der Waals surface area contributed by atoms with Crippen molar-refractivity contribution in [3.8, 4) is 0 Å². The summed E-state index contributed by atoms with van der Waals surface area (Å²) in [4.78, 5) is 11.4. The highest BCUT2D eigenvalue weighted by atomic mass is 19.1. The predicted octanol–water partition coefficient (Wildman–Crippen LogP) is 3.36. The average molecular weight is 392 g/mol. The van der Waals surface area contributed by atoms with Crippen molar-refractivity contribution in [3.05, 3.63) is 72.2 Å². The number of anilines is 3. The van der Waals surface area contributed by atoms with E-state index in [1.165, 1.54) is 17.7 Å². The molecule has 150 valence electrons. The molecule has 0 aliphatic carbocycles. The molecule has 2 heterocycles. The SMILES string of the molecule is CCN(Cc1ccccc1)c1cnnc(N2CCN(c3ccc(F)cc3)CC2)n1. The molecule has 0 saturated carbocycles. The molecule has 6 nitrogen and oxygen atoms in total. The summed E-state index contributed by atoms with van der Waals surface area (Å²) < 4.78 is 13.2. The third-order valence-corrected chi connectivity index (χ3v) is 5.21. The van der Waals surface area contributed by atoms with E-state index in [1.54, 1.807) is 6.20 Å². The Hall–Kier alpha value is -3.22. The molecule has 0 spiro atoms.